The molecule has 1 fully saturated rings. The van der Waals surface area contributed by atoms with Crippen molar-refractivity contribution in [3.63, 3.8) is 0 Å². The number of anilines is 1. The number of amides is 2. The molecule has 33 heavy (non-hydrogen) atoms. The van der Waals surface area contributed by atoms with E-state index in [2.05, 4.69) is 21.2 Å². The number of halogens is 4. The summed E-state index contributed by atoms with van der Waals surface area (Å²) in [5.41, 5.74) is 1.56. The summed E-state index contributed by atoms with van der Waals surface area (Å²) in [6, 6.07) is 8.92. The second kappa shape index (κ2) is 8.06. The molecule has 0 radical (unpaired) electrons. The molecule has 2 aromatic carbocycles. The molecule has 0 atom stereocenters. The number of likely N-dealkylation sites (tertiary alicyclic amines) is 1. The fraction of sp³-hybridized carbons (Fsp3) is 0.250. The van der Waals surface area contributed by atoms with Crippen molar-refractivity contribution in [3.8, 4) is 0 Å². The van der Waals surface area contributed by atoms with E-state index in [-0.39, 0.29) is 23.7 Å². The zero-order chi connectivity index (χ0) is 23.3. The molecule has 0 unspecified atom stereocenters. The van der Waals surface area contributed by atoms with Gasteiger partial charge in [0.05, 0.1) is 5.56 Å². The van der Waals surface area contributed by atoms with Crippen LogP contribution in [0.25, 0.3) is 22.6 Å². The number of nitrogens with one attached hydrogen (secondary N) is 1. The Hall–Kier alpha value is -3.07. The highest BCUT2D eigenvalue weighted by Gasteiger charge is 2.33. The minimum Gasteiger partial charge on any atom is -0.341 e. The largest absolute Gasteiger partial charge is 0.416 e. The summed E-state index contributed by atoms with van der Waals surface area (Å²) >= 11 is 3.47. The van der Waals surface area contributed by atoms with Gasteiger partial charge in [0.1, 0.15) is 6.54 Å². The number of carbonyl (C=O) groups is 2. The quantitative estimate of drug-likeness (QED) is 0.464. The van der Waals surface area contributed by atoms with Crippen LogP contribution >= 0.6 is 15.9 Å². The first-order chi connectivity index (χ1) is 15.7. The molecule has 3 heterocycles. The smallest absolute Gasteiger partial charge is 0.341 e. The molecule has 170 valence electrons. The maximum Gasteiger partial charge on any atom is 0.416 e. The fourth-order valence-electron chi connectivity index (χ4n) is 4.42. The predicted molar refractivity (Wildman–Crippen MR) is 123 cm³/mol. The summed E-state index contributed by atoms with van der Waals surface area (Å²) in [6.07, 6.45) is 1.00. The number of aromatic nitrogens is 1. The third-order valence-corrected chi connectivity index (χ3v) is 6.56. The number of nitrogens with zero attached hydrogens (tertiary/aromatic N) is 2. The van der Waals surface area contributed by atoms with Crippen LogP contribution in [-0.4, -0.2) is 34.4 Å². The summed E-state index contributed by atoms with van der Waals surface area (Å²) in [7, 11) is 0. The minimum atomic E-state index is -4.49. The molecule has 2 amide bonds. The van der Waals surface area contributed by atoms with Crippen LogP contribution in [0, 0.1) is 0 Å². The lowest BCUT2D eigenvalue weighted by Gasteiger charge is -2.16. The Labute approximate surface area is 196 Å². The Morgan fingerprint density at radius 1 is 1.12 bits per heavy atom. The number of hydrogen-bond acceptors (Lipinski definition) is 2. The van der Waals surface area contributed by atoms with Gasteiger partial charge < -0.3 is 14.8 Å². The summed E-state index contributed by atoms with van der Waals surface area (Å²) in [5.74, 6) is -0.427. The van der Waals surface area contributed by atoms with E-state index in [9.17, 15) is 22.8 Å². The maximum absolute atomic E-state index is 13.1. The van der Waals surface area contributed by atoms with Gasteiger partial charge in [0, 0.05) is 57.0 Å². The minimum absolute atomic E-state index is 0.0372. The number of fused-ring (bicyclic) bond motifs is 2. The van der Waals surface area contributed by atoms with Gasteiger partial charge in [-0.2, -0.15) is 13.2 Å². The van der Waals surface area contributed by atoms with Crippen LogP contribution in [0.4, 0.5) is 18.9 Å². The molecule has 5 rings (SSSR count). The Kier molecular flexibility index (Phi) is 5.31. The Morgan fingerprint density at radius 2 is 1.88 bits per heavy atom. The third kappa shape index (κ3) is 4.06. The van der Waals surface area contributed by atoms with Crippen molar-refractivity contribution in [2.75, 3.05) is 18.4 Å². The van der Waals surface area contributed by atoms with Crippen molar-refractivity contribution < 1.29 is 22.8 Å². The summed E-state index contributed by atoms with van der Waals surface area (Å²) in [5, 5.41) is 3.36. The predicted octanol–water partition coefficient (Wildman–Crippen LogP) is 5.54. The number of rotatable bonds is 3. The molecular weight excluding hydrogens is 499 g/mol. The Bertz CT molecular complexity index is 1320. The average Bonchev–Trinajstić information content (AvgIpc) is 3.47. The second-order valence-corrected chi connectivity index (χ2v) is 9.15. The van der Waals surface area contributed by atoms with Gasteiger partial charge in [0.15, 0.2) is 0 Å². The Morgan fingerprint density at radius 3 is 2.61 bits per heavy atom. The van der Waals surface area contributed by atoms with E-state index in [1.807, 2.05) is 33.9 Å². The van der Waals surface area contributed by atoms with Crippen LogP contribution in [0.3, 0.4) is 0 Å². The van der Waals surface area contributed by atoms with Gasteiger partial charge in [-0.3, -0.25) is 9.59 Å². The molecule has 5 nitrogen and oxygen atoms in total. The van der Waals surface area contributed by atoms with E-state index in [0.29, 0.717) is 11.1 Å². The monoisotopic (exact) mass is 517 g/mol. The second-order valence-electron chi connectivity index (χ2n) is 8.23. The maximum atomic E-state index is 13.1. The highest BCUT2D eigenvalue weighted by atomic mass is 79.9. The van der Waals surface area contributed by atoms with Crippen LogP contribution in [-0.2, 0) is 22.3 Å². The first-order valence-electron chi connectivity index (χ1n) is 10.5. The topological polar surface area (TPSA) is 54.3 Å². The average molecular weight is 518 g/mol. The summed E-state index contributed by atoms with van der Waals surface area (Å²) in [4.78, 5) is 27.2. The van der Waals surface area contributed by atoms with Gasteiger partial charge >= 0.3 is 6.18 Å². The molecular formula is C24H19BrF3N3O2. The number of carbonyl (C=O) groups excluding carboxylic acids is 2. The number of hydrogen-bond donors (Lipinski definition) is 1. The summed E-state index contributed by atoms with van der Waals surface area (Å²) in [6.45, 7) is 1.70. The van der Waals surface area contributed by atoms with Crippen molar-refractivity contribution in [1.29, 1.82) is 0 Å². The van der Waals surface area contributed by atoms with Gasteiger partial charge in [0.25, 0.3) is 5.91 Å². The van der Waals surface area contributed by atoms with Gasteiger partial charge in [-0.05, 0) is 49.2 Å². The molecule has 1 saturated heterocycles. The van der Waals surface area contributed by atoms with Crippen LogP contribution in [0.15, 0.2) is 47.1 Å². The first-order valence-corrected chi connectivity index (χ1v) is 11.3. The number of benzene rings is 2. The Balaban J connectivity index is 1.56. The van der Waals surface area contributed by atoms with Gasteiger partial charge in [-0.25, -0.2) is 0 Å². The van der Waals surface area contributed by atoms with Crippen molar-refractivity contribution >= 4 is 56.0 Å². The van der Waals surface area contributed by atoms with Gasteiger partial charge in [0.2, 0.25) is 5.91 Å². The lowest BCUT2D eigenvalue weighted by atomic mass is 10.0. The molecule has 1 N–H and O–H groups in total. The van der Waals surface area contributed by atoms with E-state index in [0.717, 1.165) is 53.4 Å². The molecule has 9 heteroatoms. The summed E-state index contributed by atoms with van der Waals surface area (Å²) < 4.78 is 41.9. The van der Waals surface area contributed by atoms with Crippen LogP contribution < -0.4 is 5.32 Å². The lowest BCUT2D eigenvalue weighted by molar-refractivity contribution is -0.137. The van der Waals surface area contributed by atoms with E-state index < -0.39 is 17.6 Å². The van der Waals surface area contributed by atoms with Crippen molar-refractivity contribution in [2.24, 2.45) is 0 Å². The highest BCUT2D eigenvalue weighted by molar-refractivity contribution is 9.10. The van der Waals surface area contributed by atoms with E-state index in [1.165, 1.54) is 6.07 Å². The van der Waals surface area contributed by atoms with Crippen LogP contribution in [0.2, 0.25) is 0 Å². The van der Waals surface area contributed by atoms with Gasteiger partial charge in [-0.15, -0.1) is 0 Å². The molecule has 2 aliphatic heterocycles. The zero-order valence-corrected chi connectivity index (χ0v) is 19.0. The normalized spacial score (nSPS) is 17.2. The van der Waals surface area contributed by atoms with Crippen LogP contribution in [0.1, 0.15) is 29.5 Å². The highest BCUT2D eigenvalue weighted by Crippen LogP contribution is 2.39. The van der Waals surface area contributed by atoms with Crippen molar-refractivity contribution in [1.82, 2.24) is 9.47 Å². The molecule has 2 aliphatic rings. The van der Waals surface area contributed by atoms with E-state index in [4.69, 9.17) is 0 Å². The third-order valence-electron chi connectivity index (χ3n) is 6.07. The zero-order valence-electron chi connectivity index (χ0n) is 17.4. The fourth-order valence-corrected chi connectivity index (χ4v) is 4.79. The molecule has 0 saturated carbocycles. The van der Waals surface area contributed by atoms with E-state index in [1.54, 1.807) is 6.08 Å². The standard InChI is InChI=1S/C24H19BrF3N3O2/c25-16-4-6-21-18(11-16)14(12-31(21)13-22(32)30-7-1-2-8-30)9-19-17-5-3-15(24(26,27)28)10-20(17)29-23(19)33/h3-6,9-12H,1-2,7-8,13H2,(H,29,33)/b19-9+. The van der Waals surface area contributed by atoms with Crippen molar-refractivity contribution in [2.45, 2.75) is 25.6 Å². The molecule has 0 aliphatic carbocycles. The molecule has 1 aromatic heterocycles. The van der Waals surface area contributed by atoms with E-state index >= 15 is 0 Å². The molecule has 3 aromatic rings. The first kappa shape index (κ1) is 21.8. The van der Waals surface area contributed by atoms with Gasteiger partial charge in [-0.1, -0.05) is 22.0 Å². The SMILES string of the molecule is O=C1Nc2cc(C(F)(F)F)ccc2/C1=C\c1cn(CC(=O)N2CCCC2)c2ccc(Br)cc12. The molecule has 0 bridgehead atoms. The number of alkyl halides is 3. The molecule has 0 spiro atoms. The van der Waals surface area contributed by atoms with Crippen LogP contribution in [0.5, 0.6) is 0 Å². The lowest BCUT2D eigenvalue weighted by Crippen LogP contribution is -2.30. The van der Waals surface area contributed by atoms with Crippen molar-refractivity contribution in [3.05, 3.63) is 63.8 Å².